The van der Waals surface area contributed by atoms with Crippen LogP contribution in [-0.4, -0.2) is 61.9 Å². The van der Waals surface area contributed by atoms with Crippen LogP contribution < -0.4 is 5.32 Å². The van der Waals surface area contributed by atoms with Crippen LogP contribution in [0.3, 0.4) is 0 Å². The SMILES string of the molecule is O=C1C=CC(C2OC(COP(=O)(O)O)C(O)C2O)C(=S)N1. The first-order valence-electron chi connectivity index (χ1n) is 5.94. The molecule has 0 aromatic rings. The predicted molar refractivity (Wildman–Crippen MR) is 72.0 cm³/mol. The first-order chi connectivity index (χ1) is 9.69. The van der Waals surface area contributed by atoms with Gasteiger partial charge < -0.3 is 30.1 Å². The Kier molecular flexibility index (Phi) is 4.91. The van der Waals surface area contributed by atoms with Crippen LogP contribution in [0, 0.1) is 5.92 Å². The van der Waals surface area contributed by atoms with E-state index in [0.29, 0.717) is 0 Å². The van der Waals surface area contributed by atoms with E-state index in [4.69, 9.17) is 26.7 Å². The van der Waals surface area contributed by atoms with Crippen molar-refractivity contribution >= 4 is 30.9 Å². The van der Waals surface area contributed by atoms with Crippen LogP contribution >= 0.6 is 20.0 Å². The molecule has 21 heavy (non-hydrogen) atoms. The lowest BCUT2D eigenvalue weighted by atomic mass is 9.94. The maximum atomic E-state index is 11.1. The standard InChI is InChI=1S/C10H14NO8PS/c12-6-2-1-4(10(21)11-6)9-8(14)7(13)5(19-9)3-18-20(15,16)17/h1-2,4-5,7-9,13-14H,3H2,(H,11,12,21)(H2,15,16,17). The molecule has 2 heterocycles. The summed E-state index contributed by atoms with van der Waals surface area (Å²) < 4.78 is 20.3. The molecule has 5 atom stereocenters. The molecular weight excluding hydrogens is 325 g/mol. The second-order valence-electron chi connectivity index (χ2n) is 4.65. The van der Waals surface area contributed by atoms with Gasteiger partial charge in [-0.05, 0) is 0 Å². The summed E-state index contributed by atoms with van der Waals surface area (Å²) in [5.74, 6) is -1.03. The molecule has 0 aliphatic carbocycles. The number of hydrogen-bond acceptors (Lipinski definition) is 7. The minimum atomic E-state index is -4.71. The topological polar surface area (TPSA) is 146 Å². The Morgan fingerprint density at radius 2 is 2.05 bits per heavy atom. The third-order valence-corrected chi connectivity index (χ3v) is 4.02. The summed E-state index contributed by atoms with van der Waals surface area (Å²) in [7, 11) is -4.71. The molecular formula is C10H14NO8PS. The van der Waals surface area contributed by atoms with Crippen LogP contribution in [-0.2, 0) is 18.6 Å². The normalized spacial score (nSPS) is 36.9. The zero-order valence-corrected chi connectivity index (χ0v) is 12.2. The van der Waals surface area contributed by atoms with Gasteiger partial charge in [0.1, 0.15) is 18.3 Å². The van der Waals surface area contributed by atoms with Gasteiger partial charge in [0.25, 0.3) is 0 Å². The number of amides is 1. The van der Waals surface area contributed by atoms with Crippen molar-refractivity contribution in [3.05, 3.63) is 12.2 Å². The van der Waals surface area contributed by atoms with Crippen molar-refractivity contribution in [2.24, 2.45) is 5.92 Å². The first-order valence-corrected chi connectivity index (χ1v) is 7.87. The quantitative estimate of drug-likeness (QED) is 0.296. The Hall–Kier alpha value is -0.710. The second-order valence-corrected chi connectivity index (χ2v) is 6.32. The average molecular weight is 339 g/mol. The van der Waals surface area contributed by atoms with E-state index in [1.165, 1.54) is 12.2 Å². The van der Waals surface area contributed by atoms with Crippen molar-refractivity contribution < 1.29 is 38.6 Å². The molecule has 2 aliphatic rings. The highest BCUT2D eigenvalue weighted by atomic mass is 32.1. The lowest BCUT2D eigenvalue weighted by molar-refractivity contribution is -0.115. The molecule has 0 bridgehead atoms. The van der Waals surface area contributed by atoms with E-state index in [1.807, 2.05) is 0 Å². The number of aliphatic hydroxyl groups is 2. The molecule has 5 N–H and O–H groups in total. The maximum absolute atomic E-state index is 11.1. The third-order valence-electron chi connectivity index (χ3n) is 3.16. The summed E-state index contributed by atoms with van der Waals surface area (Å²) in [5.41, 5.74) is 0. The summed E-state index contributed by atoms with van der Waals surface area (Å²) >= 11 is 4.98. The fourth-order valence-corrected chi connectivity index (χ4v) is 2.82. The summed E-state index contributed by atoms with van der Waals surface area (Å²) in [6.45, 7) is -0.589. The van der Waals surface area contributed by atoms with E-state index in [-0.39, 0.29) is 4.99 Å². The Morgan fingerprint density at radius 1 is 1.38 bits per heavy atom. The van der Waals surface area contributed by atoms with Gasteiger partial charge in [-0.2, -0.15) is 0 Å². The molecule has 0 radical (unpaired) electrons. The van der Waals surface area contributed by atoms with Gasteiger partial charge in [-0.25, -0.2) is 4.57 Å². The van der Waals surface area contributed by atoms with Crippen LogP contribution in [0.15, 0.2) is 12.2 Å². The fourth-order valence-electron chi connectivity index (χ4n) is 2.17. The number of thiocarbonyl (C=S) groups is 1. The molecule has 0 aromatic heterocycles. The predicted octanol–water partition coefficient (Wildman–Crippen LogP) is -1.79. The lowest BCUT2D eigenvalue weighted by Gasteiger charge is -2.26. The molecule has 5 unspecified atom stereocenters. The Balaban J connectivity index is 2.06. The molecule has 1 saturated heterocycles. The van der Waals surface area contributed by atoms with Gasteiger partial charge >= 0.3 is 7.82 Å². The van der Waals surface area contributed by atoms with Gasteiger partial charge in [0.05, 0.1) is 23.6 Å². The van der Waals surface area contributed by atoms with Crippen molar-refractivity contribution in [2.45, 2.75) is 24.4 Å². The van der Waals surface area contributed by atoms with Crippen molar-refractivity contribution in [3.8, 4) is 0 Å². The number of aliphatic hydroxyl groups excluding tert-OH is 2. The van der Waals surface area contributed by atoms with Crippen molar-refractivity contribution in [1.82, 2.24) is 5.32 Å². The van der Waals surface area contributed by atoms with Crippen LogP contribution in [0.4, 0.5) is 0 Å². The zero-order valence-electron chi connectivity index (χ0n) is 10.5. The summed E-state index contributed by atoms with van der Waals surface area (Å²) in [6.07, 6.45) is -2.13. The zero-order chi connectivity index (χ0) is 15.8. The fraction of sp³-hybridized carbons (Fsp3) is 0.600. The van der Waals surface area contributed by atoms with E-state index in [1.54, 1.807) is 0 Å². The minimum absolute atomic E-state index is 0.135. The number of hydrogen-bond donors (Lipinski definition) is 5. The van der Waals surface area contributed by atoms with Crippen LogP contribution in [0.25, 0.3) is 0 Å². The van der Waals surface area contributed by atoms with E-state index < -0.39 is 50.7 Å². The van der Waals surface area contributed by atoms with Gasteiger partial charge in [-0.1, -0.05) is 18.3 Å². The molecule has 118 valence electrons. The lowest BCUT2D eigenvalue weighted by Crippen LogP contribution is -2.45. The molecule has 2 rings (SSSR count). The number of carbonyl (C=O) groups excluding carboxylic acids is 1. The highest BCUT2D eigenvalue weighted by Gasteiger charge is 2.47. The molecule has 0 spiro atoms. The average Bonchev–Trinajstić information content (AvgIpc) is 2.64. The van der Waals surface area contributed by atoms with Gasteiger partial charge in [0, 0.05) is 6.08 Å². The smallest absolute Gasteiger partial charge is 0.388 e. The number of phosphoric ester groups is 1. The van der Waals surface area contributed by atoms with Crippen LogP contribution in [0.2, 0.25) is 0 Å². The molecule has 0 aromatic carbocycles. The minimum Gasteiger partial charge on any atom is -0.388 e. The molecule has 1 fully saturated rings. The number of carbonyl (C=O) groups is 1. The van der Waals surface area contributed by atoms with E-state index in [2.05, 4.69) is 9.84 Å². The van der Waals surface area contributed by atoms with E-state index in [0.717, 1.165) is 0 Å². The van der Waals surface area contributed by atoms with Crippen molar-refractivity contribution in [3.63, 3.8) is 0 Å². The van der Waals surface area contributed by atoms with Gasteiger partial charge in [0.2, 0.25) is 5.91 Å². The summed E-state index contributed by atoms with van der Waals surface area (Å²) in [4.78, 5) is 28.5. The Labute approximate surface area is 124 Å². The van der Waals surface area contributed by atoms with Crippen LogP contribution in [0.1, 0.15) is 0 Å². The number of ether oxygens (including phenoxy) is 1. The highest BCUT2D eigenvalue weighted by Crippen LogP contribution is 2.38. The number of nitrogens with one attached hydrogen (secondary N) is 1. The van der Waals surface area contributed by atoms with Crippen LogP contribution in [0.5, 0.6) is 0 Å². The molecule has 11 heteroatoms. The van der Waals surface area contributed by atoms with E-state index in [9.17, 15) is 19.6 Å². The van der Waals surface area contributed by atoms with Crippen molar-refractivity contribution in [1.29, 1.82) is 0 Å². The van der Waals surface area contributed by atoms with Gasteiger partial charge in [0.15, 0.2) is 0 Å². The molecule has 1 amide bonds. The number of rotatable bonds is 4. The van der Waals surface area contributed by atoms with Gasteiger partial charge in [-0.3, -0.25) is 9.32 Å². The maximum Gasteiger partial charge on any atom is 0.469 e. The highest BCUT2D eigenvalue weighted by molar-refractivity contribution is 7.80. The number of phosphoric acid groups is 1. The monoisotopic (exact) mass is 339 g/mol. The Morgan fingerprint density at radius 3 is 2.62 bits per heavy atom. The van der Waals surface area contributed by atoms with Gasteiger partial charge in [-0.15, -0.1) is 0 Å². The molecule has 2 aliphatic heterocycles. The second kappa shape index (κ2) is 6.19. The largest absolute Gasteiger partial charge is 0.469 e. The first kappa shape index (κ1) is 16.7. The Bertz CT molecular complexity index is 519. The molecule has 9 nitrogen and oxygen atoms in total. The summed E-state index contributed by atoms with van der Waals surface area (Å²) in [5, 5.41) is 22.2. The van der Waals surface area contributed by atoms with E-state index >= 15 is 0 Å². The third kappa shape index (κ3) is 3.93. The molecule has 0 saturated carbocycles. The van der Waals surface area contributed by atoms with Crippen molar-refractivity contribution in [2.75, 3.05) is 6.61 Å². The summed E-state index contributed by atoms with van der Waals surface area (Å²) in [6, 6.07) is 0.